The Hall–Kier alpha value is -2.11. The number of piperidine rings is 1. The van der Waals surface area contributed by atoms with Crippen LogP contribution in [0.1, 0.15) is 50.3 Å². The molecule has 0 amide bonds. The lowest BCUT2D eigenvalue weighted by atomic mass is 9.90. The summed E-state index contributed by atoms with van der Waals surface area (Å²) in [6.45, 7) is 4.11. The second kappa shape index (κ2) is 12.2. The summed E-state index contributed by atoms with van der Waals surface area (Å²) in [5.74, 6) is 0.767. The van der Waals surface area contributed by atoms with Gasteiger partial charge in [-0.3, -0.25) is 14.4 Å². The van der Waals surface area contributed by atoms with Crippen molar-refractivity contribution in [1.82, 2.24) is 14.3 Å². The highest BCUT2D eigenvalue weighted by Gasteiger charge is 2.23. The molecule has 3 rings (SSSR count). The van der Waals surface area contributed by atoms with Gasteiger partial charge in [0, 0.05) is 13.6 Å². The molecule has 0 atom stereocenters. The molecule has 0 aliphatic carbocycles. The van der Waals surface area contributed by atoms with Crippen LogP contribution in [-0.2, 0) is 20.0 Å². The zero-order valence-electron chi connectivity index (χ0n) is 19.3. The minimum Gasteiger partial charge on any atom is -0.297 e. The van der Waals surface area contributed by atoms with E-state index >= 15 is 0 Å². The first-order valence-corrected chi connectivity index (χ1v) is 12.1. The molecule has 0 N–H and O–H groups in total. The van der Waals surface area contributed by atoms with Gasteiger partial charge in [0.05, 0.1) is 11.4 Å². The first-order valence-electron chi connectivity index (χ1n) is 11.7. The lowest BCUT2D eigenvalue weighted by molar-refractivity contribution is 0.167. The molecule has 0 unspecified atom stereocenters. The van der Waals surface area contributed by atoms with Crippen molar-refractivity contribution in [3.05, 3.63) is 75.2 Å². The summed E-state index contributed by atoms with van der Waals surface area (Å²) in [6.07, 6.45) is 11.7. The number of hydrogen-bond donors (Lipinski definition) is 0. The zero-order valence-corrected chi connectivity index (χ0v) is 20.0. The summed E-state index contributed by atoms with van der Waals surface area (Å²) >= 11 is 6.47. The lowest BCUT2D eigenvalue weighted by Gasteiger charge is -2.32. The molecule has 0 radical (unpaired) electrons. The minimum absolute atomic E-state index is 0.247. The fraction of sp³-hybridized carbons (Fsp3) is 0.500. The Kier molecular flexibility index (Phi) is 9.36. The molecule has 0 saturated carbocycles. The van der Waals surface area contributed by atoms with Gasteiger partial charge in [0.1, 0.15) is 11.7 Å². The third-order valence-electron chi connectivity index (χ3n) is 6.36. The predicted molar refractivity (Wildman–Crippen MR) is 132 cm³/mol. The van der Waals surface area contributed by atoms with Gasteiger partial charge in [0.2, 0.25) is 0 Å². The number of likely N-dealkylation sites (tertiary alicyclic amines) is 1. The fourth-order valence-corrected chi connectivity index (χ4v) is 4.82. The quantitative estimate of drug-likeness (QED) is 0.417. The molecular weight excluding hydrogens is 425 g/mol. The van der Waals surface area contributed by atoms with Crippen molar-refractivity contribution in [2.75, 3.05) is 19.8 Å². The summed E-state index contributed by atoms with van der Waals surface area (Å²) in [4.78, 5) is 15.2. The van der Waals surface area contributed by atoms with Gasteiger partial charge in [-0.05, 0) is 62.8 Å². The first kappa shape index (κ1) is 24.5. The molecule has 6 heteroatoms. The average molecular weight is 460 g/mol. The first-order chi connectivity index (χ1) is 15.5. The number of hydrogen-bond acceptors (Lipinski definition) is 2. The van der Waals surface area contributed by atoms with Crippen molar-refractivity contribution in [3.63, 3.8) is 0 Å². The van der Waals surface area contributed by atoms with Crippen molar-refractivity contribution >= 4 is 17.3 Å². The highest BCUT2D eigenvalue weighted by Crippen LogP contribution is 2.25. The lowest BCUT2D eigenvalue weighted by Crippen LogP contribution is -2.34. The molecule has 0 spiro atoms. The number of alkyl halides is 1. The van der Waals surface area contributed by atoms with Gasteiger partial charge in [0.25, 0.3) is 5.56 Å². The molecule has 32 heavy (non-hydrogen) atoms. The normalized spacial score (nSPS) is 16.3. The highest BCUT2D eigenvalue weighted by molar-refractivity contribution is 6.31. The van der Waals surface area contributed by atoms with Crippen molar-refractivity contribution < 1.29 is 4.39 Å². The van der Waals surface area contributed by atoms with Gasteiger partial charge in [0.15, 0.2) is 0 Å². The van der Waals surface area contributed by atoms with Crippen LogP contribution in [0, 0.1) is 5.92 Å². The molecule has 4 nitrogen and oxygen atoms in total. The second-order valence-corrected chi connectivity index (χ2v) is 8.97. The molecule has 1 fully saturated rings. The van der Waals surface area contributed by atoms with E-state index in [2.05, 4.69) is 35.2 Å². The maximum Gasteiger partial charge on any atom is 0.290 e. The van der Waals surface area contributed by atoms with E-state index in [1.165, 1.54) is 37.3 Å². The van der Waals surface area contributed by atoms with Crippen LogP contribution in [0.2, 0.25) is 5.02 Å². The molecule has 1 aromatic heterocycles. The van der Waals surface area contributed by atoms with E-state index in [1.807, 2.05) is 24.7 Å². The average Bonchev–Trinajstić information content (AvgIpc) is 3.01. The maximum absolute atomic E-state index is 12.8. The van der Waals surface area contributed by atoms with E-state index < -0.39 is 6.67 Å². The van der Waals surface area contributed by atoms with Gasteiger partial charge >= 0.3 is 0 Å². The number of rotatable bonds is 10. The Morgan fingerprint density at radius 1 is 1.22 bits per heavy atom. The number of allylic oxidation sites excluding steroid dienone is 4. The summed E-state index contributed by atoms with van der Waals surface area (Å²) in [6, 6.07) is 10.7. The van der Waals surface area contributed by atoms with Gasteiger partial charge in [-0.25, -0.2) is 9.07 Å². The van der Waals surface area contributed by atoms with Crippen molar-refractivity contribution in [3.8, 4) is 0 Å². The Labute approximate surface area is 196 Å². The Balaban J connectivity index is 1.58. The van der Waals surface area contributed by atoms with Crippen LogP contribution in [-0.4, -0.2) is 34.0 Å². The summed E-state index contributed by atoms with van der Waals surface area (Å²) < 4.78 is 16.0. The van der Waals surface area contributed by atoms with Crippen LogP contribution in [0.4, 0.5) is 4.39 Å². The predicted octanol–water partition coefficient (Wildman–Crippen LogP) is 5.85. The Morgan fingerprint density at radius 3 is 2.59 bits per heavy atom. The number of aromatic nitrogens is 2. The van der Waals surface area contributed by atoms with Crippen molar-refractivity contribution in [2.24, 2.45) is 13.0 Å². The summed E-state index contributed by atoms with van der Waals surface area (Å²) in [5.41, 5.74) is 2.64. The third-order valence-corrected chi connectivity index (χ3v) is 6.74. The largest absolute Gasteiger partial charge is 0.297 e. The maximum atomic E-state index is 12.8. The number of aryl methyl sites for hydroxylation is 1. The Bertz CT molecular complexity index is 969. The molecule has 2 heterocycles. The van der Waals surface area contributed by atoms with E-state index in [4.69, 9.17) is 11.6 Å². The van der Waals surface area contributed by atoms with E-state index in [-0.39, 0.29) is 10.6 Å². The molecule has 1 saturated heterocycles. The van der Waals surface area contributed by atoms with Crippen LogP contribution in [0.15, 0.2) is 53.4 Å². The van der Waals surface area contributed by atoms with Gasteiger partial charge in [-0.15, -0.1) is 0 Å². The number of benzene rings is 1. The second-order valence-electron chi connectivity index (χ2n) is 8.59. The molecule has 0 bridgehead atoms. The smallest absolute Gasteiger partial charge is 0.290 e. The van der Waals surface area contributed by atoms with Crippen molar-refractivity contribution in [2.45, 2.75) is 52.0 Å². The standard InChI is InChI=1S/C26H35ClFN3O/c1-3-9-23(14-8-17-28)31-26(32)25(27)24(29(31)2)20-30-18-15-22(16-19-30)13-7-12-21-10-5-4-6-11-21/h4-6,8-11,14,22H,3,7,12-13,15-20H2,1-2H3/b14-8-,23-9+. The van der Waals surface area contributed by atoms with E-state index in [0.29, 0.717) is 12.2 Å². The molecule has 1 aliphatic heterocycles. The molecule has 174 valence electrons. The number of halogens is 2. The third kappa shape index (κ3) is 6.23. The highest BCUT2D eigenvalue weighted by atomic mass is 35.5. The molecule has 2 aromatic rings. The van der Waals surface area contributed by atoms with Crippen LogP contribution < -0.4 is 5.56 Å². The van der Waals surface area contributed by atoms with Crippen LogP contribution in [0.5, 0.6) is 0 Å². The summed E-state index contributed by atoms with van der Waals surface area (Å²) in [5, 5.41) is 0.258. The molecule has 1 aliphatic rings. The van der Waals surface area contributed by atoms with Crippen LogP contribution in [0.3, 0.4) is 0 Å². The van der Waals surface area contributed by atoms with Gasteiger partial charge < -0.3 is 0 Å². The molecular formula is C26H35ClFN3O. The van der Waals surface area contributed by atoms with E-state index in [1.54, 1.807) is 10.8 Å². The minimum atomic E-state index is -0.568. The van der Waals surface area contributed by atoms with Crippen LogP contribution in [0.25, 0.3) is 5.70 Å². The van der Waals surface area contributed by atoms with Crippen LogP contribution >= 0.6 is 11.6 Å². The summed E-state index contributed by atoms with van der Waals surface area (Å²) in [7, 11) is 1.85. The van der Waals surface area contributed by atoms with E-state index in [0.717, 1.165) is 37.5 Å². The monoisotopic (exact) mass is 459 g/mol. The fourth-order valence-electron chi connectivity index (χ4n) is 4.56. The van der Waals surface area contributed by atoms with E-state index in [9.17, 15) is 9.18 Å². The topological polar surface area (TPSA) is 30.2 Å². The molecule has 1 aromatic carbocycles. The Morgan fingerprint density at radius 2 is 1.94 bits per heavy atom. The zero-order chi connectivity index (χ0) is 22.9. The SMILES string of the molecule is CC/C=C(\C=C/CF)n1c(=O)c(Cl)c(CN2CCC(CCCc3ccccc3)CC2)n1C. The van der Waals surface area contributed by atoms with Crippen molar-refractivity contribution in [1.29, 1.82) is 0 Å². The number of nitrogens with zero attached hydrogens (tertiary/aromatic N) is 3. The van der Waals surface area contributed by atoms with Gasteiger partial charge in [-0.2, -0.15) is 0 Å². The van der Waals surface area contributed by atoms with Gasteiger partial charge in [-0.1, -0.05) is 67.4 Å².